The first-order valence-electron chi connectivity index (χ1n) is 7.68. The third-order valence-corrected chi connectivity index (χ3v) is 3.88. The van der Waals surface area contributed by atoms with E-state index in [0.29, 0.717) is 10.7 Å². The highest BCUT2D eigenvalue weighted by atomic mass is 19.4. The number of rotatable bonds is 3. The Morgan fingerprint density at radius 3 is 2.22 bits per heavy atom. The molecule has 0 atom stereocenters. The standard InChI is InChI=1S/C17H13F5N4O/c1-10-11(9-25(2)23-10)8-13-14(16(18,19)17(20,21)22)24-26(15(13)27)12-6-4-3-5-7-12/h3-9H,1-2H3/b13-8+. The number of aromatic nitrogens is 2. The Kier molecular flexibility index (Phi) is 4.37. The Hall–Kier alpha value is -3.04. The van der Waals surface area contributed by atoms with Gasteiger partial charge in [-0.05, 0) is 25.1 Å². The van der Waals surface area contributed by atoms with Crippen molar-refractivity contribution in [2.75, 3.05) is 5.01 Å². The van der Waals surface area contributed by atoms with Crippen LogP contribution in [0, 0.1) is 6.92 Å². The fourth-order valence-electron chi connectivity index (χ4n) is 2.57. The van der Waals surface area contributed by atoms with Crippen LogP contribution in [-0.4, -0.2) is 33.5 Å². The molecule has 0 aliphatic carbocycles. The molecule has 1 aromatic carbocycles. The molecule has 0 fully saturated rings. The van der Waals surface area contributed by atoms with Gasteiger partial charge in [-0.2, -0.15) is 37.2 Å². The quantitative estimate of drug-likeness (QED) is 0.598. The van der Waals surface area contributed by atoms with Gasteiger partial charge in [0.1, 0.15) is 0 Å². The Morgan fingerprint density at radius 2 is 1.70 bits per heavy atom. The minimum Gasteiger partial charge on any atom is -0.275 e. The smallest absolute Gasteiger partial charge is 0.275 e. The zero-order valence-electron chi connectivity index (χ0n) is 14.1. The molecule has 0 radical (unpaired) electrons. The fraction of sp³-hybridized carbons (Fsp3) is 0.235. The molecule has 5 nitrogen and oxygen atoms in total. The van der Waals surface area contributed by atoms with Crippen molar-refractivity contribution in [1.29, 1.82) is 0 Å². The number of carbonyl (C=O) groups excluding carboxylic acids is 1. The number of anilines is 1. The summed E-state index contributed by atoms with van der Waals surface area (Å²) in [6, 6.07) is 7.38. The van der Waals surface area contributed by atoms with E-state index in [1.807, 2.05) is 0 Å². The largest absolute Gasteiger partial charge is 0.459 e. The average Bonchev–Trinajstić information content (AvgIpc) is 3.07. The molecule has 0 unspecified atom stereocenters. The molecule has 2 heterocycles. The first-order chi connectivity index (χ1) is 12.5. The van der Waals surface area contributed by atoms with Gasteiger partial charge in [0, 0.05) is 18.8 Å². The summed E-state index contributed by atoms with van der Waals surface area (Å²) in [6.07, 6.45) is -3.54. The zero-order valence-corrected chi connectivity index (χ0v) is 14.1. The van der Waals surface area contributed by atoms with E-state index in [0.717, 1.165) is 6.08 Å². The van der Waals surface area contributed by atoms with Gasteiger partial charge in [-0.25, -0.2) is 0 Å². The van der Waals surface area contributed by atoms with E-state index in [1.54, 1.807) is 20.0 Å². The van der Waals surface area contributed by atoms with Crippen molar-refractivity contribution >= 4 is 23.4 Å². The molecule has 10 heteroatoms. The van der Waals surface area contributed by atoms with Crippen LogP contribution < -0.4 is 5.01 Å². The van der Waals surface area contributed by atoms with E-state index in [2.05, 4.69) is 10.2 Å². The Balaban J connectivity index is 2.17. The second-order valence-electron chi connectivity index (χ2n) is 5.87. The SMILES string of the molecule is Cc1nn(C)cc1/C=C1/C(=O)N(c2ccccc2)N=C1C(F)(F)C(F)(F)F. The molecule has 2 aromatic rings. The van der Waals surface area contributed by atoms with E-state index < -0.39 is 29.3 Å². The topological polar surface area (TPSA) is 50.5 Å². The van der Waals surface area contributed by atoms with Gasteiger partial charge >= 0.3 is 12.1 Å². The number of nitrogens with zero attached hydrogens (tertiary/aromatic N) is 4. The summed E-state index contributed by atoms with van der Waals surface area (Å²) in [7, 11) is 1.56. The summed E-state index contributed by atoms with van der Waals surface area (Å²) in [5.74, 6) is -6.38. The number of hydrogen-bond acceptors (Lipinski definition) is 3. The molecule has 1 aliphatic heterocycles. The minimum absolute atomic E-state index is 0.0734. The number of halogens is 5. The van der Waals surface area contributed by atoms with Crippen LogP contribution in [-0.2, 0) is 11.8 Å². The molecule has 3 rings (SSSR count). The third kappa shape index (κ3) is 3.22. The summed E-state index contributed by atoms with van der Waals surface area (Å²) >= 11 is 0. The van der Waals surface area contributed by atoms with Crippen LogP contribution in [0.4, 0.5) is 27.6 Å². The summed E-state index contributed by atoms with van der Waals surface area (Å²) < 4.78 is 68.3. The van der Waals surface area contributed by atoms with Gasteiger partial charge in [-0.3, -0.25) is 9.48 Å². The molecule has 1 amide bonds. The van der Waals surface area contributed by atoms with Gasteiger partial charge in [-0.15, -0.1) is 0 Å². The van der Waals surface area contributed by atoms with E-state index in [-0.39, 0.29) is 11.3 Å². The van der Waals surface area contributed by atoms with Gasteiger partial charge in [0.25, 0.3) is 5.91 Å². The third-order valence-electron chi connectivity index (χ3n) is 3.88. The van der Waals surface area contributed by atoms with Crippen molar-refractivity contribution in [3.05, 3.63) is 53.4 Å². The predicted octanol–water partition coefficient (Wildman–Crippen LogP) is 3.71. The van der Waals surface area contributed by atoms with Crippen molar-refractivity contribution in [3.8, 4) is 0 Å². The van der Waals surface area contributed by atoms with Crippen LogP contribution in [0.3, 0.4) is 0 Å². The maximum Gasteiger partial charge on any atom is 0.459 e. The van der Waals surface area contributed by atoms with Gasteiger partial charge in [0.05, 0.1) is 17.0 Å². The highest BCUT2D eigenvalue weighted by molar-refractivity contribution is 6.34. The lowest BCUT2D eigenvalue weighted by Crippen LogP contribution is -2.44. The van der Waals surface area contributed by atoms with Crippen LogP contribution in [0.15, 0.2) is 47.2 Å². The van der Waals surface area contributed by atoms with Gasteiger partial charge in [-0.1, -0.05) is 18.2 Å². The maximum absolute atomic E-state index is 14.1. The highest BCUT2D eigenvalue weighted by Gasteiger charge is 2.64. The zero-order chi connectivity index (χ0) is 20.0. The number of amides is 1. The van der Waals surface area contributed by atoms with Crippen molar-refractivity contribution in [1.82, 2.24) is 9.78 Å². The highest BCUT2D eigenvalue weighted by Crippen LogP contribution is 2.41. The molecule has 1 aliphatic rings. The Morgan fingerprint density at radius 1 is 1.07 bits per heavy atom. The van der Waals surface area contributed by atoms with Gasteiger partial charge < -0.3 is 0 Å². The van der Waals surface area contributed by atoms with Crippen molar-refractivity contribution in [3.63, 3.8) is 0 Å². The summed E-state index contributed by atoms with van der Waals surface area (Å²) in [5, 5.41) is 7.85. The van der Waals surface area contributed by atoms with E-state index in [9.17, 15) is 26.7 Å². The lowest BCUT2D eigenvalue weighted by Gasteiger charge is -2.19. The predicted molar refractivity (Wildman–Crippen MR) is 88.3 cm³/mol. The number of carbonyl (C=O) groups is 1. The molecule has 0 bridgehead atoms. The number of hydrazone groups is 1. The summed E-state index contributed by atoms with van der Waals surface area (Å²) in [6.45, 7) is 1.54. The van der Waals surface area contributed by atoms with E-state index in [4.69, 9.17) is 0 Å². The first-order valence-corrected chi connectivity index (χ1v) is 7.68. The molecular formula is C17H13F5N4O. The number of alkyl halides is 5. The average molecular weight is 384 g/mol. The maximum atomic E-state index is 14.1. The second kappa shape index (κ2) is 6.29. The monoisotopic (exact) mass is 384 g/mol. The first kappa shape index (κ1) is 18.7. The lowest BCUT2D eigenvalue weighted by atomic mass is 10.0. The number of para-hydroxylation sites is 1. The number of hydrogen-bond donors (Lipinski definition) is 0. The molecule has 142 valence electrons. The summed E-state index contributed by atoms with van der Waals surface area (Å²) in [4.78, 5) is 12.6. The number of benzene rings is 1. The van der Waals surface area contributed by atoms with Gasteiger partial charge in [0.2, 0.25) is 0 Å². The van der Waals surface area contributed by atoms with Crippen LogP contribution in [0.2, 0.25) is 0 Å². The fourth-order valence-corrected chi connectivity index (χ4v) is 2.57. The van der Waals surface area contributed by atoms with Crippen LogP contribution >= 0.6 is 0 Å². The Bertz CT molecular complexity index is 944. The van der Waals surface area contributed by atoms with E-state index in [1.165, 1.54) is 35.1 Å². The molecule has 0 spiro atoms. The molecule has 0 N–H and O–H groups in total. The van der Waals surface area contributed by atoms with Crippen molar-refractivity contribution in [2.24, 2.45) is 12.1 Å². The lowest BCUT2D eigenvalue weighted by molar-refractivity contribution is -0.248. The molecule has 0 saturated heterocycles. The molecule has 27 heavy (non-hydrogen) atoms. The second-order valence-corrected chi connectivity index (χ2v) is 5.87. The Labute approximate surface area is 150 Å². The van der Waals surface area contributed by atoms with E-state index >= 15 is 0 Å². The van der Waals surface area contributed by atoms with Crippen molar-refractivity contribution < 1.29 is 26.7 Å². The van der Waals surface area contributed by atoms with Crippen LogP contribution in [0.5, 0.6) is 0 Å². The van der Waals surface area contributed by atoms with Crippen molar-refractivity contribution in [2.45, 2.75) is 19.0 Å². The molecular weight excluding hydrogens is 371 g/mol. The number of aryl methyl sites for hydroxylation is 2. The van der Waals surface area contributed by atoms with Crippen LogP contribution in [0.1, 0.15) is 11.3 Å². The normalized spacial score (nSPS) is 17.0. The summed E-state index contributed by atoms with van der Waals surface area (Å²) in [5.41, 5.74) is -1.80. The molecule has 1 aromatic heterocycles. The van der Waals surface area contributed by atoms with Crippen LogP contribution in [0.25, 0.3) is 6.08 Å². The van der Waals surface area contributed by atoms with Gasteiger partial charge in [0.15, 0.2) is 5.71 Å². The molecule has 0 saturated carbocycles. The minimum atomic E-state index is -5.90.